The number of para-hydroxylation sites is 1. The molecular weight excluding hydrogens is 240 g/mol. The highest BCUT2D eigenvalue weighted by Gasteiger charge is 2.27. The third-order valence-electron chi connectivity index (χ3n) is 2.68. The maximum absolute atomic E-state index is 9.88. The number of nitrogens with zero attached hydrogens (tertiary/aromatic N) is 2. The molecule has 6 heteroatoms. The minimum absolute atomic E-state index is 0.0187. The average Bonchev–Trinajstić information content (AvgIpc) is 2.65. The Balaban J connectivity index is 2.43. The van der Waals surface area contributed by atoms with Crippen molar-refractivity contribution in [1.29, 1.82) is 5.41 Å². The Kier molecular flexibility index (Phi) is 2.93. The molecule has 2 rings (SSSR count). The van der Waals surface area contributed by atoms with E-state index in [-0.39, 0.29) is 17.6 Å². The molecular formula is C11H13ClN4O. The molecule has 1 aromatic rings. The summed E-state index contributed by atoms with van der Waals surface area (Å²) < 4.78 is 0. The van der Waals surface area contributed by atoms with Crippen molar-refractivity contribution in [2.45, 2.75) is 6.92 Å². The second-order valence-corrected chi connectivity index (χ2v) is 4.40. The first-order valence-corrected chi connectivity index (χ1v) is 5.56. The number of hydrogen-bond donors (Lipinski definition) is 3. The van der Waals surface area contributed by atoms with Crippen molar-refractivity contribution in [3.05, 3.63) is 28.8 Å². The zero-order valence-corrected chi connectivity index (χ0v) is 10.1. The van der Waals surface area contributed by atoms with E-state index in [1.54, 1.807) is 18.2 Å². The molecule has 0 fully saturated rings. The van der Waals surface area contributed by atoms with Gasteiger partial charge < -0.3 is 10.8 Å². The summed E-state index contributed by atoms with van der Waals surface area (Å²) >= 11 is 5.85. The van der Waals surface area contributed by atoms with Crippen LogP contribution in [0.4, 0.5) is 0 Å². The van der Waals surface area contributed by atoms with Crippen LogP contribution in [0, 0.1) is 11.3 Å². The summed E-state index contributed by atoms with van der Waals surface area (Å²) in [5, 5.41) is 23.1. The topological polar surface area (TPSA) is 85.7 Å². The number of hydrazone groups is 1. The van der Waals surface area contributed by atoms with E-state index in [4.69, 9.17) is 22.7 Å². The lowest BCUT2D eigenvalue weighted by Crippen LogP contribution is -2.31. The van der Waals surface area contributed by atoms with Crippen LogP contribution in [-0.4, -0.2) is 28.3 Å². The van der Waals surface area contributed by atoms with Crippen LogP contribution in [0.5, 0.6) is 5.75 Å². The number of phenolic OH excluding ortho intramolecular Hbond substituents is 1. The molecule has 1 aliphatic heterocycles. The largest absolute Gasteiger partial charge is 0.506 e. The van der Waals surface area contributed by atoms with E-state index in [0.717, 1.165) is 0 Å². The standard InChI is InChI=1S/C11H13ClN4O/c1-6-5-16(11(13)14)15-9(6)7-3-2-4-8(12)10(7)17/h2-4,6,17H,5H2,1H3,(H3,13,14). The molecule has 1 aromatic carbocycles. The highest BCUT2D eigenvalue weighted by Crippen LogP contribution is 2.31. The third-order valence-corrected chi connectivity index (χ3v) is 2.99. The number of halogens is 1. The normalized spacial score (nSPS) is 19.3. The predicted octanol–water partition coefficient (Wildman–Crippen LogP) is 1.59. The zero-order chi connectivity index (χ0) is 12.6. The van der Waals surface area contributed by atoms with Gasteiger partial charge in [-0.2, -0.15) is 5.10 Å². The Hall–Kier alpha value is -1.75. The number of guanidine groups is 1. The second kappa shape index (κ2) is 4.25. The molecule has 1 aliphatic rings. The van der Waals surface area contributed by atoms with Gasteiger partial charge in [0, 0.05) is 11.5 Å². The molecule has 4 N–H and O–H groups in total. The molecule has 0 radical (unpaired) electrons. The van der Waals surface area contributed by atoms with Gasteiger partial charge in [0.2, 0.25) is 5.96 Å². The number of rotatable bonds is 1. The van der Waals surface area contributed by atoms with Crippen LogP contribution in [0.2, 0.25) is 5.02 Å². The van der Waals surface area contributed by atoms with Crippen molar-refractivity contribution < 1.29 is 5.11 Å². The van der Waals surface area contributed by atoms with E-state index >= 15 is 0 Å². The first-order chi connectivity index (χ1) is 8.00. The van der Waals surface area contributed by atoms with Crippen LogP contribution in [0.25, 0.3) is 0 Å². The highest BCUT2D eigenvalue weighted by atomic mass is 35.5. The summed E-state index contributed by atoms with van der Waals surface area (Å²) in [6, 6.07) is 5.12. The van der Waals surface area contributed by atoms with Crippen molar-refractivity contribution in [3.63, 3.8) is 0 Å². The van der Waals surface area contributed by atoms with Crippen LogP contribution in [0.15, 0.2) is 23.3 Å². The first kappa shape index (κ1) is 11.7. The average molecular weight is 253 g/mol. The molecule has 90 valence electrons. The van der Waals surface area contributed by atoms with Gasteiger partial charge in [-0.3, -0.25) is 5.41 Å². The fourth-order valence-corrected chi connectivity index (χ4v) is 1.98. The molecule has 0 saturated carbocycles. The molecule has 0 saturated heterocycles. The monoisotopic (exact) mass is 252 g/mol. The lowest BCUT2D eigenvalue weighted by Gasteiger charge is -2.10. The zero-order valence-electron chi connectivity index (χ0n) is 9.31. The molecule has 0 aliphatic carbocycles. The van der Waals surface area contributed by atoms with Crippen molar-refractivity contribution in [2.24, 2.45) is 16.8 Å². The van der Waals surface area contributed by atoms with Gasteiger partial charge in [-0.15, -0.1) is 0 Å². The fourth-order valence-electron chi connectivity index (χ4n) is 1.81. The van der Waals surface area contributed by atoms with Crippen LogP contribution in [0.1, 0.15) is 12.5 Å². The van der Waals surface area contributed by atoms with Gasteiger partial charge in [0.1, 0.15) is 5.75 Å². The number of nitrogens with two attached hydrogens (primary N) is 1. The van der Waals surface area contributed by atoms with Gasteiger partial charge >= 0.3 is 0 Å². The Morgan fingerprint density at radius 1 is 1.65 bits per heavy atom. The molecule has 1 atom stereocenters. The fraction of sp³-hybridized carbons (Fsp3) is 0.273. The number of benzene rings is 1. The molecule has 5 nitrogen and oxygen atoms in total. The number of nitrogens with one attached hydrogen (secondary N) is 1. The van der Waals surface area contributed by atoms with E-state index in [2.05, 4.69) is 5.10 Å². The third kappa shape index (κ3) is 2.06. The maximum Gasteiger partial charge on any atom is 0.209 e. The van der Waals surface area contributed by atoms with Crippen molar-refractivity contribution >= 4 is 23.3 Å². The number of aromatic hydroxyl groups is 1. The summed E-state index contributed by atoms with van der Waals surface area (Å²) in [7, 11) is 0. The van der Waals surface area contributed by atoms with Gasteiger partial charge in [0.05, 0.1) is 17.3 Å². The SMILES string of the molecule is CC1CN(C(=N)N)N=C1c1cccc(Cl)c1O. The summed E-state index contributed by atoms with van der Waals surface area (Å²) in [5.41, 5.74) is 6.67. The Morgan fingerprint density at radius 2 is 2.35 bits per heavy atom. The summed E-state index contributed by atoms with van der Waals surface area (Å²) in [6.45, 7) is 2.50. The van der Waals surface area contributed by atoms with Crippen molar-refractivity contribution in [1.82, 2.24) is 5.01 Å². The molecule has 17 heavy (non-hydrogen) atoms. The van der Waals surface area contributed by atoms with E-state index in [0.29, 0.717) is 22.8 Å². The lowest BCUT2D eigenvalue weighted by atomic mass is 9.99. The van der Waals surface area contributed by atoms with Gasteiger partial charge in [-0.1, -0.05) is 24.6 Å². The molecule has 0 aromatic heterocycles. The van der Waals surface area contributed by atoms with E-state index in [1.807, 2.05) is 6.92 Å². The van der Waals surface area contributed by atoms with E-state index in [1.165, 1.54) is 5.01 Å². The smallest absolute Gasteiger partial charge is 0.209 e. The number of phenols is 1. The molecule has 0 amide bonds. The second-order valence-electron chi connectivity index (χ2n) is 3.99. The van der Waals surface area contributed by atoms with Gasteiger partial charge in [-0.05, 0) is 12.1 Å². The van der Waals surface area contributed by atoms with Crippen molar-refractivity contribution in [2.75, 3.05) is 6.54 Å². The quantitative estimate of drug-likeness (QED) is 0.524. The lowest BCUT2D eigenvalue weighted by molar-refractivity contribution is 0.448. The summed E-state index contributed by atoms with van der Waals surface area (Å²) in [4.78, 5) is 0. The summed E-state index contributed by atoms with van der Waals surface area (Å²) in [6.07, 6.45) is 0. The van der Waals surface area contributed by atoms with Crippen LogP contribution >= 0.6 is 11.6 Å². The van der Waals surface area contributed by atoms with Crippen LogP contribution < -0.4 is 5.73 Å². The Labute approximate surface area is 104 Å². The van der Waals surface area contributed by atoms with Crippen LogP contribution in [-0.2, 0) is 0 Å². The maximum atomic E-state index is 9.88. The minimum atomic E-state index is -0.103. The Bertz CT molecular complexity index is 500. The predicted molar refractivity (Wildman–Crippen MR) is 67.4 cm³/mol. The van der Waals surface area contributed by atoms with Crippen molar-refractivity contribution in [3.8, 4) is 5.75 Å². The number of hydrogen-bond acceptors (Lipinski definition) is 3. The first-order valence-electron chi connectivity index (χ1n) is 5.18. The molecule has 1 unspecified atom stereocenters. The van der Waals surface area contributed by atoms with E-state index in [9.17, 15) is 5.11 Å². The Morgan fingerprint density at radius 3 is 2.94 bits per heavy atom. The van der Waals surface area contributed by atoms with E-state index < -0.39 is 0 Å². The minimum Gasteiger partial charge on any atom is -0.506 e. The molecule has 0 bridgehead atoms. The van der Waals surface area contributed by atoms with Gasteiger partial charge in [0.25, 0.3) is 0 Å². The van der Waals surface area contributed by atoms with Gasteiger partial charge in [0.15, 0.2) is 0 Å². The molecule has 1 heterocycles. The summed E-state index contributed by atoms with van der Waals surface area (Å²) in [5.74, 6) is 0.00167. The highest BCUT2D eigenvalue weighted by molar-refractivity contribution is 6.32. The van der Waals surface area contributed by atoms with Crippen LogP contribution in [0.3, 0.4) is 0 Å². The van der Waals surface area contributed by atoms with Gasteiger partial charge in [-0.25, -0.2) is 5.01 Å². The molecule has 0 spiro atoms.